The van der Waals surface area contributed by atoms with Gasteiger partial charge in [0.15, 0.2) is 0 Å². The number of ether oxygens (including phenoxy) is 2. The molecule has 28 heavy (non-hydrogen) atoms. The van der Waals surface area contributed by atoms with Gasteiger partial charge >= 0.3 is 12.1 Å². The van der Waals surface area contributed by atoms with Gasteiger partial charge in [-0.05, 0) is 37.6 Å². The highest BCUT2D eigenvalue weighted by Crippen LogP contribution is 2.39. The molecule has 2 heterocycles. The maximum absolute atomic E-state index is 13.6. The monoisotopic (exact) mass is 396 g/mol. The second-order valence-corrected chi connectivity index (χ2v) is 5.83. The third-order valence-corrected chi connectivity index (χ3v) is 3.99. The van der Waals surface area contributed by atoms with E-state index in [2.05, 4.69) is 0 Å². The lowest BCUT2D eigenvalue weighted by atomic mass is 10.0. The lowest BCUT2D eigenvalue weighted by molar-refractivity contribution is -0.152. The number of carbonyl (C=O) groups is 1. The Morgan fingerprint density at radius 1 is 1.18 bits per heavy atom. The minimum atomic E-state index is -4.98. The molecule has 0 atom stereocenters. The van der Waals surface area contributed by atoms with E-state index >= 15 is 0 Å². The highest BCUT2D eigenvalue weighted by atomic mass is 19.4. The molecule has 6 nitrogen and oxygen atoms in total. The Labute approximate surface area is 156 Å². The first kappa shape index (κ1) is 19.5. The second-order valence-electron chi connectivity index (χ2n) is 5.83. The Kier molecular flexibility index (Phi) is 4.93. The van der Waals surface area contributed by atoms with Crippen molar-refractivity contribution >= 4 is 16.9 Å². The van der Waals surface area contributed by atoms with Crippen molar-refractivity contribution in [2.24, 2.45) is 0 Å². The summed E-state index contributed by atoms with van der Waals surface area (Å²) in [7, 11) is 1.34. The van der Waals surface area contributed by atoms with Gasteiger partial charge in [0.25, 0.3) is 0 Å². The number of fused-ring (bicyclic) bond motifs is 1. The number of furan rings is 1. The number of methoxy groups -OCH3 is 1. The van der Waals surface area contributed by atoms with E-state index in [0.29, 0.717) is 5.56 Å². The summed E-state index contributed by atoms with van der Waals surface area (Å²) >= 11 is 0. The molecule has 0 aliphatic heterocycles. The maximum Gasteiger partial charge on any atom is 0.450 e. The van der Waals surface area contributed by atoms with E-state index < -0.39 is 34.7 Å². The first-order valence-electron chi connectivity index (χ1n) is 8.17. The van der Waals surface area contributed by atoms with E-state index in [9.17, 15) is 22.8 Å². The molecule has 0 aliphatic carbocycles. The average Bonchev–Trinajstić information content (AvgIpc) is 3.10. The molecular weight excluding hydrogens is 381 g/mol. The summed E-state index contributed by atoms with van der Waals surface area (Å²) in [5.41, 5.74) is -1.65. The number of esters is 1. The zero-order valence-electron chi connectivity index (χ0n) is 15.1. The van der Waals surface area contributed by atoms with Gasteiger partial charge in [-0.2, -0.15) is 13.2 Å². The van der Waals surface area contributed by atoms with E-state index in [0.717, 1.165) is 12.1 Å². The molecule has 0 radical (unpaired) electrons. The number of benzene rings is 1. The molecule has 0 amide bonds. The Bertz CT molecular complexity index is 1110. The van der Waals surface area contributed by atoms with Gasteiger partial charge in [0.2, 0.25) is 16.9 Å². The smallest absolute Gasteiger partial charge is 0.450 e. The fraction of sp³-hybridized carbons (Fsp3) is 0.263. The van der Waals surface area contributed by atoms with Crippen LogP contribution in [0, 0.1) is 6.92 Å². The molecule has 3 aromatic rings. The van der Waals surface area contributed by atoms with Crippen LogP contribution in [0.1, 0.15) is 28.8 Å². The van der Waals surface area contributed by atoms with E-state index in [1.165, 1.54) is 19.2 Å². The van der Waals surface area contributed by atoms with Crippen LogP contribution in [0.5, 0.6) is 5.75 Å². The van der Waals surface area contributed by atoms with Crippen LogP contribution < -0.4 is 10.2 Å². The van der Waals surface area contributed by atoms with Crippen molar-refractivity contribution in [3.05, 3.63) is 51.6 Å². The largest absolute Gasteiger partial charge is 0.497 e. The van der Waals surface area contributed by atoms with Gasteiger partial charge in [-0.25, -0.2) is 4.79 Å². The van der Waals surface area contributed by atoms with Crippen LogP contribution in [-0.2, 0) is 10.9 Å². The summed E-state index contributed by atoms with van der Waals surface area (Å²) in [6, 6.07) is 4.94. The summed E-state index contributed by atoms with van der Waals surface area (Å²) in [5, 5.41) is -0.0436. The molecule has 0 saturated carbocycles. The Morgan fingerprint density at radius 3 is 2.50 bits per heavy atom. The van der Waals surface area contributed by atoms with E-state index in [1.807, 2.05) is 0 Å². The van der Waals surface area contributed by atoms with Crippen molar-refractivity contribution in [1.29, 1.82) is 0 Å². The van der Waals surface area contributed by atoms with Gasteiger partial charge in [-0.3, -0.25) is 4.79 Å². The van der Waals surface area contributed by atoms with Gasteiger partial charge in [-0.1, -0.05) is 0 Å². The number of carbonyl (C=O) groups excluding carboxylic acids is 1. The molecule has 0 bridgehead atoms. The number of halogens is 3. The molecule has 148 valence electrons. The molecule has 3 rings (SSSR count). The maximum atomic E-state index is 13.6. The minimum Gasteiger partial charge on any atom is -0.497 e. The summed E-state index contributed by atoms with van der Waals surface area (Å²) in [6.07, 6.45) is -4.98. The van der Waals surface area contributed by atoms with Crippen LogP contribution in [0.4, 0.5) is 13.2 Å². The Morgan fingerprint density at radius 2 is 1.89 bits per heavy atom. The summed E-state index contributed by atoms with van der Waals surface area (Å²) < 4.78 is 60.8. The molecule has 0 fully saturated rings. The van der Waals surface area contributed by atoms with Crippen molar-refractivity contribution < 1.29 is 36.3 Å². The van der Waals surface area contributed by atoms with Crippen molar-refractivity contribution in [2.45, 2.75) is 20.0 Å². The van der Waals surface area contributed by atoms with Crippen LogP contribution in [0.25, 0.3) is 22.3 Å². The third-order valence-electron chi connectivity index (χ3n) is 3.99. The van der Waals surface area contributed by atoms with Gasteiger partial charge in [0, 0.05) is 6.07 Å². The Balaban J connectivity index is 2.32. The van der Waals surface area contributed by atoms with Gasteiger partial charge in [0.1, 0.15) is 22.7 Å². The zero-order valence-corrected chi connectivity index (χ0v) is 15.1. The zero-order chi connectivity index (χ0) is 20.6. The molecule has 0 unspecified atom stereocenters. The highest BCUT2D eigenvalue weighted by molar-refractivity contribution is 5.89. The van der Waals surface area contributed by atoms with Crippen LogP contribution in [-0.4, -0.2) is 19.7 Å². The minimum absolute atomic E-state index is 0.0436. The van der Waals surface area contributed by atoms with Gasteiger partial charge < -0.3 is 18.3 Å². The molecule has 0 saturated heterocycles. The molecule has 2 aromatic heterocycles. The van der Waals surface area contributed by atoms with Crippen molar-refractivity contribution in [1.82, 2.24) is 0 Å². The molecule has 9 heteroatoms. The van der Waals surface area contributed by atoms with Crippen molar-refractivity contribution in [3.63, 3.8) is 0 Å². The molecule has 0 N–H and O–H groups in total. The highest BCUT2D eigenvalue weighted by Gasteiger charge is 2.40. The van der Waals surface area contributed by atoms with Crippen LogP contribution in [0.2, 0.25) is 0 Å². The van der Waals surface area contributed by atoms with E-state index in [1.54, 1.807) is 13.8 Å². The van der Waals surface area contributed by atoms with Crippen molar-refractivity contribution in [2.75, 3.05) is 13.7 Å². The number of hydrogen-bond acceptors (Lipinski definition) is 6. The van der Waals surface area contributed by atoms with Gasteiger partial charge in [-0.15, -0.1) is 0 Å². The first-order chi connectivity index (χ1) is 13.2. The fourth-order valence-electron chi connectivity index (χ4n) is 2.81. The number of hydrogen-bond donors (Lipinski definition) is 0. The lowest BCUT2D eigenvalue weighted by Crippen LogP contribution is -2.16. The predicted octanol–water partition coefficient (Wildman–Crippen LogP) is 4.57. The van der Waals surface area contributed by atoms with Crippen molar-refractivity contribution in [3.8, 4) is 17.1 Å². The Hall–Kier alpha value is -3.23. The second kappa shape index (κ2) is 7.06. The quantitative estimate of drug-likeness (QED) is 0.602. The molecule has 1 aromatic carbocycles. The molecule has 0 aliphatic rings. The molecular formula is C19H15F3O6. The lowest BCUT2D eigenvalue weighted by Gasteiger charge is -2.13. The van der Waals surface area contributed by atoms with Crippen LogP contribution in [0.3, 0.4) is 0 Å². The van der Waals surface area contributed by atoms with Crippen LogP contribution >= 0.6 is 0 Å². The first-order valence-corrected chi connectivity index (χ1v) is 8.17. The predicted molar refractivity (Wildman–Crippen MR) is 92.4 cm³/mol. The number of aryl methyl sites for hydroxylation is 1. The standard InChI is InChI=1S/C19H15F3O6/c1-4-26-18(24)12-6-5-11(27-12)15-16(23)14-9(2)7-10(25-3)8-13(14)28-17(15)19(20,21)22/h5-8H,4H2,1-3H3. The normalized spacial score (nSPS) is 11.6. The third kappa shape index (κ3) is 3.35. The fourth-order valence-corrected chi connectivity index (χ4v) is 2.81. The molecule has 0 spiro atoms. The topological polar surface area (TPSA) is 78.9 Å². The number of alkyl halides is 3. The SMILES string of the molecule is CCOC(=O)c1ccc(-c2c(C(F)(F)F)oc3cc(OC)cc(C)c3c2=O)o1. The van der Waals surface area contributed by atoms with E-state index in [4.69, 9.17) is 18.3 Å². The van der Waals surface area contributed by atoms with Gasteiger partial charge in [0.05, 0.1) is 19.1 Å². The summed E-state index contributed by atoms with van der Waals surface area (Å²) in [4.78, 5) is 24.7. The van der Waals surface area contributed by atoms with E-state index in [-0.39, 0.29) is 29.1 Å². The average molecular weight is 396 g/mol. The van der Waals surface area contributed by atoms with Crippen LogP contribution in [0.15, 0.2) is 37.9 Å². The summed E-state index contributed by atoms with van der Waals surface area (Å²) in [6.45, 7) is 3.17. The number of rotatable bonds is 4. The summed E-state index contributed by atoms with van der Waals surface area (Å²) in [5.74, 6) is -2.90.